The number of piperidine rings is 1. The maximum absolute atomic E-state index is 13.0. The fourth-order valence-corrected chi connectivity index (χ4v) is 4.17. The van der Waals surface area contributed by atoms with Gasteiger partial charge in [0.05, 0.1) is 18.5 Å². The Balaban J connectivity index is 1.50. The van der Waals surface area contributed by atoms with E-state index in [2.05, 4.69) is 14.9 Å². The van der Waals surface area contributed by atoms with Gasteiger partial charge in [-0.25, -0.2) is 9.69 Å². The molecule has 2 aliphatic heterocycles. The third-order valence-corrected chi connectivity index (χ3v) is 5.88. The lowest BCUT2D eigenvalue weighted by Crippen LogP contribution is -2.49. The molecule has 1 N–H and O–H groups in total. The van der Waals surface area contributed by atoms with Gasteiger partial charge in [0, 0.05) is 18.7 Å². The van der Waals surface area contributed by atoms with Crippen LogP contribution < -0.4 is 15.0 Å². The zero-order valence-electron chi connectivity index (χ0n) is 15.4. The molecular weight excluding hydrogens is 382 g/mol. The van der Waals surface area contributed by atoms with E-state index in [1.807, 2.05) is 0 Å². The number of benzene rings is 1. The minimum atomic E-state index is -0.585. The Kier molecular flexibility index (Phi) is 4.71. The Morgan fingerprint density at radius 1 is 1.36 bits per heavy atom. The fraction of sp³-hybridized carbons (Fsp3) is 0.389. The predicted molar refractivity (Wildman–Crippen MR) is 102 cm³/mol. The summed E-state index contributed by atoms with van der Waals surface area (Å²) in [6.07, 6.45) is 0.959. The van der Waals surface area contributed by atoms with Gasteiger partial charge in [0.15, 0.2) is 0 Å². The van der Waals surface area contributed by atoms with Crippen molar-refractivity contribution in [3.63, 3.8) is 0 Å². The lowest BCUT2D eigenvalue weighted by Gasteiger charge is -2.32. The molecule has 0 radical (unpaired) electrons. The Hall–Kier alpha value is -3.01. The zero-order chi connectivity index (χ0) is 19.8. The average molecular weight is 401 g/mol. The zero-order valence-corrected chi connectivity index (χ0v) is 16.2. The first-order chi connectivity index (χ1) is 13.5. The molecule has 2 atom stereocenters. The standard InChI is InChI=1S/C18H19N5O4S/c1-10-15(28-21-20-10)16(24)19-11-6-7-22-14(8-11)17(25)23(18(22)26)12-4-3-5-13(9-12)27-2/h3-5,9,11,14H,6-8H2,1-2H3,(H,19,24)/t11-,14+/m1/s1. The summed E-state index contributed by atoms with van der Waals surface area (Å²) in [4.78, 5) is 41.4. The van der Waals surface area contributed by atoms with Crippen molar-refractivity contribution < 1.29 is 19.1 Å². The molecule has 4 amide bonds. The maximum atomic E-state index is 13.0. The first-order valence-electron chi connectivity index (χ1n) is 8.88. The second-order valence-electron chi connectivity index (χ2n) is 6.75. The fourth-order valence-electron chi connectivity index (χ4n) is 3.61. The summed E-state index contributed by atoms with van der Waals surface area (Å²) < 4.78 is 8.97. The van der Waals surface area contributed by atoms with Gasteiger partial charge in [-0.3, -0.25) is 9.59 Å². The number of carbonyl (C=O) groups excluding carboxylic acids is 3. The summed E-state index contributed by atoms with van der Waals surface area (Å²) in [5, 5.41) is 6.79. The van der Waals surface area contributed by atoms with Crippen molar-refractivity contribution in [3.8, 4) is 5.75 Å². The van der Waals surface area contributed by atoms with Crippen molar-refractivity contribution in [1.82, 2.24) is 19.8 Å². The molecule has 0 spiro atoms. The average Bonchev–Trinajstić information content (AvgIpc) is 3.23. The number of methoxy groups -OCH3 is 1. The number of aromatic nitrogens is 2. The maximum Gasteiger partial charge on any atom is 0.332 e. The van der Waals surface area contributed by atoms with Crippen LogP contribution in [0.25, 0.3) is 0 Å². The quantitative estimate of drug-likeness (QED) is 0.780. The third kappa shape index (κ3) is 3.09. The molecule has 2 aliphatic rings. The van der Waals surface area contributed by atoms with Gasteiger partial charge in [-0.15, -0.1) is 5.10 Å². The summed E-state index contributed by atoms with van der Waals surface area (Å²) in [5.74, 6) is 0.0434. The number of urea groups is 1. The van der Waals surface area contributed by atoms with Crippen LogP contribution in [0.4, 0.5) is 10.5 Å². The number of rotatable bonds is 4. The third-order valence-electron chi connectivity index (χ3n) is 5.05. The molecule has 9 nitrogen and oxygen atoms in total. The van der Waals surface area contributed by atoms with E-state index in [0.29, 0.717) is 41.4 Å². The van der Waals surface area contributed by atoms with Crippen molar-refractivity contribution in [1.29, 1.82) is 0 Å². The van der Waals surface area contributed by atoms with E-state index < -0.39 is 6.04 Å². The molecule has 0 saturated carbocycles. The monoisotopic (exact) mass is 401 g/mol. The van der Waals surface area contributed by atoms with Gasteiger partial charge in [0.2, 0.25) is 0 Å². The van der Waals surface area contributed by atoms with Crippen molar-refractivity contribution in [2.45, 2.75) is 31.8 Å². The van der Waals surface area contributed by atoms with Crippen molar-refractivity contribution in [2.24, 2.45) is 0 Å². The molecule has 2 aromatic rings. The van der Waals surface area contributed by atoms with E-state index in [9.17, 15) is 14.4 Å². The summed E-state index contributed by atoms with van der Waals surface area (Å²) in [6.45, 7) is 2.13. The minimum absolute atomic E-state index is 0.197. The SMILES string of the molecule is COc1cccc(N2C(=O)[C@@H]3C[C@H](NC(=O)c4snnc4C)CCN3C2=O)c1. The van der Waals surface area contributed by atoms with Crippen LogP contribution in [0.1, 0.15) is 28.2 Å². The van der Waals surface area contributed by atoms with E-state index in [-0.39, 0.29) is 23.9 Å². The van der Waals surface area contributed by atoms with Gasteiger partial charge in [-0.1, -0.05) is 10.6 Å². The van der Waals surface area contributed by atoms with Gasteiger partial charge >= 0.3 is 6.03 Å². The second kappa shape index (κ2) is 7.19. The number of hydrogen-bond acceptors (Lipinski definition) is 7. The highest BCUT2D eigenvalue weighted by atomic mass is 32.1. The van der Waals surface area contributed by atoms with Crippen molar-refractivity contribution >= 4 is 35.1 Å². The van der Waals surface area contributed by atoms with Crippen molar-refractivity contribution in [2.75, 3.05) is 18.6 Å². The number of aryl methyl sites for hydroxylation is 1. The number of nitrogens with one attached hydrogen (secondary N) is 1. The molecule has 2 saturated heterocycles. The van der Waals surface area contributed by atoms with Crippen LogP contribution in [-0.2, 0) is 4.79 Å². The second-order valence-corrected chi connectivity index (χ2v) is 7.50. The molecule has 0 unspecified atom stereocenters. The van der Waals surface area contributed by atoms with Crippen LogP contribution in [0.15, 0.2) is 24.3 Å². The van der Waals surface area contributed by atoms with Gasteiger partial charge in [-0.05, 0) is 43.4 Å². The van der Waals surface area contributed by atoms with E-state index in [1.54, 1.807) is 36.1 Å². The molecule has 0 aliphatic carbocycles. The first-order valence-corrected chi connectivity index (χ1v) is 9.65. The molecule has 28 heavy (non-hydrogen) atoms. The molecule has 146 valence electrons. The molecule has 10 heteroatoms. The Labute approximate surface area is 165 Å². The number of amides is 4. The van der Waals surface area contributed by atoms with Crippen LogP contribution in [0.3, 0.4) is 0 Å². The molecule has 4 rings (SSSR count). The largest absolute Gasteiger partial charge is 0.497 e. The van der Waals surface area contributed by atoms with Gasteiger partial charge < -0.3 is 15.0 Å². The summed E-state index contributed by atoms with van der Waals surface area (Å²) in [5.41, 5.74) is 1.06. The molecule has 0 bridgehead atoms. The molecular formula is C18H19N5O4S. The summed E-state index contributed by atoms with van der Waals surface area (Å²) in [7, 11) is 1.53. The number of nitrogens with zero attached hydrogens (tertiary/aromatic N) is 4. The van der Waals surface area contributed by atoms with Gasteiger partial charge in [0.25, 0.3) is 11.8 Å². The number of anilines is 1. The Bertz CT molecular complexity index is 946. The number of hydrogen-bond donors (Lipinski definition) is 1. The normalized spacial score (nSPS) is 21.6. The Morgan fingerprint density at radius 2 is 2.18 bits per heavy atom. The first kappa shape index (κ1) is 18.4. The number of carbonyl (C=O) groups is 3. The van der Waals surface area contributed by atoms with Gasteiger partial charge in [0.1, 0.15) is 16.7 Å². The van der Waals surface area contributed by atoms with Crippen molar-refractivity contribution in [3.05, 3.63) is 34.8 Å². The van der Waals surface area contributed by atoms with Crippen LogP contribution in [0.2, 0.25) is 0 Å². The topological polar surface area (TPSA) is 105 Å². The highest BCUT2D eigenvalue weighted by Crippen LogP contribution is 2.32. The minimum Gasteiger partial charge on any atom is -0.497 e. The summed E-state index contributed by atoms with van der Waals surface area (Å²) >= 11 is 1.04. The van der Waals surface area contributed by atoms with E-state index >= 15 is 0 Å². The van der Waals surface area contributed by atoms with Crippen LogP contribution in [0.5, 0.6) is 5.75 Å². The molecule has 1 aromatic carbocycles. The van der Waals surface area contributed by atoms with Crippen LogP contribution >= 0.6 is 11.5 Å². The van der Waals surface area contributed by atoms with Crippen LogP contribution in [-0.4, -0.2) is 58.1 Å². The number of ether oxygens (including phenoxy) is 1. The molecule has 1 aromatic heterocycles. The smallest absolute Gasteiger partial charge is 0.332 e. The van der Waals surface area contributed by atoms with E-state index in [0.717, 1.165) is 11.5 Å². The van der Waals surface area contributed by atoms with E-state index in [1.165, 1.54) is 12.0 Å². The van der Waals surface area contributed by atoms with Gasteiger partial charge in [-0.2, -0.15) is 0 Å². The number of imide groups is 1. The number of fused-ring (bicyclic) bond motifs is 1. The lowest BCUT2D eigenvalue weighted by atomic mass is 9.98. The summed E-state index contributed by atoms with van der Waals surface area (Å²) in [6, 6.07) is 5.73. The lowest BCUT2D eigenvalue weighted by molar-refractivity contribution is -0.120. The molecule has 3 heterocycles. The van der Waals surface area contributed by atoms with Crippen LogP contribution in [0, 0.1) is 6.92 Å². The predicted octanol–water partition coefficient (Wildman–Crippen LogP) is 1.58. The Morgan fingerprint density at radius 3 is 2.89 bits per heavy atom. The highest BCUT2D eigenvalue weighted by molar-refractivity contribution is 7.08. The van der Waals surface area contributed by atoms with E-state index in [4.69, 9.17) is 4.74 Å². The molecule has 2 fully saturated rings. The highest BCUT2D eigenvalue weighted by Gasteiger charge is 2.48.